The van der Waals surface area contributed by atoms with Gasteiger partial charge in [-0.05, 0) is 25.0 Å². The van der Waals surface area contributed by atoms with Crippen LogP contribution < -0.4 is 10.1 Å². The first-order chi connectivity index (χ1) is 13.6. The summed E-state index contributed by atoms with van der Waals surface area (Å²) in [6, 6.07) is 5.42. The fourth-order valence-electron chi connectivity index (χ4n) is 3.43. The minimum Gasteiger partial charge on any atom is -0.490 e. The Balaban J connectivity index is 1.24. The van der Waals surface area contributed by atoms with E-state index in [9.17, 15) is 0 Å². The summed E-state index contributed by atoms with van der Waals surface area (Å²) in [6.45, 7) is 3.77. The third kappa shape index (κ3) is 4.32. The number of ether oxygens (including phenoxy) is 1. The number of halogens is 2. The molecule has 1 N–H and O–H groups in total. The highest BCUT2D eigenvalue weighted by Gasteiger charge is 2.20. The number of piperidine rings is 1. The Labute approximate surface area is 173 Å². The zero-order valence-corrected chi connectivity index (χ0v) is 17.1. The van der Waals surface area contributed by atoms with Crippen molar-refractivity contribution in [2.24, 2.45) is 7.05 Å². The molecule has 0 atom stereocenters. The van der Waals surface area contributed by atoms with Crippen molar-refractivity contribution < 1.29 is 4.74 Å². The van der Waals surface area contributed by atoms with Gasteiger partial charge in [0.1, 0.15) is 24.0 Å². The summed E-state index contributed by atoms with van der Waals surface area (Å²) in [5, 5.41) is 9.66. The van der Waals surface area contributed by atoms with Crippen molar-refractivity contribution in [3.63, 3.8) is 0 Å². The van der Waals surface area contributed by atoms with Crippen molar-refractivity contribution in [3.8, 4) is 5.75 Å². The Hall–Kier alpha value is -2.09. The van der Waals surface area contributed by atoms with Crippen LogP contribution in [0.25, 0.3) is 11.0 Å². The number of anilines is 1. The van der Waals surface area contributed by atoms with E-state index in [1.165, 1.54) is 0 Å². The SMILES string of the molecule is Cn1ncc2c(NCCN3CCC(Oc4ccc(Cl)c(Cl)c4)CC3)ncnc21. The number of nitrogens with one attached hydrogen (secondary N) is 1. The molecule has 7 nitrogen and oxygen atoms in total. The van der Waals surface area contributed by atoms with Gasteiger partial charge in [-0.2, -0.15) is 5.10 Å². The molecule has 0 radical (unpaired) electrons. The van der Waals surface area contributed by atoms with Gasteiger partial charge in [0.05, 0.1) is 21.6 Å². The lowest BCUT2D eigenvalue weighted by molar-refractivity contribution is 0.103. The van der Waals surface area contributed by atoms with Crippen LogP contribution in [0.4, 0.5) is 5.82 Å². The molecular formula is C19H22Cl2N6O. The number of benzene rings is 1. The van der Waals surface area contributed by atoms with Gasteiger partial charge >= 0.3 is 0 Å². The van der Waals surface area contributed by atoms with Crippen LogP contribution in [0.15, 0.2) is 30.7 Å². The van der Waals surface area contributed by atoms with E-state index in [-0.39, 0.29) is 6.10 Å². The van der Waals surface area contributed by atoms with E-state index in [1.807, 2.05) is 13.1 Å². The molecule has 0 bridgehead atoms. The molecule has 0 unspecified atom stereocenters. The van der Waals surface area contributed by atoms with E-state index in [2.05, 4.69) is 25.3 Å². The Morgan fingerprint density at radius 1 is 1.18 bits per heavy atom. The first-order valence-corrected chi connectivity index (χ1v) is 10.1. The van der Waals surface area contributed by atoms with Gasteiger partial charge in [0.25, 0.3) is 0 Å². The number of aromatic nitrogens is 4. The van der Waals surface area contributed by atoms with Gasteiger partial charge in [-0.25, -0.2) is 9.97 Å². The number of hydrogen-bond acceptors (Lipinski definition) is 6. The maximum atomic E-state index is 6.06. The van der Waals surface area contributed by atoms with E-state index in [0.717, 1.165) is 61.6 Å². The van der Waals surface area contributed by atoms with E-state index in [1.54, 1.807) is 29.3 Å². The molecule has 1 fully saturated rings. The summed E-state index contributed by atoms with van der Waals surface area (Å²) in [6.07, 6.45) is 5.54. The Kier molecular flexibility index (Phi) is 5.85. The fraction of sp³-hybridized carbons (Fsp3) is 0.421. The summed E-state index contributed by atoms with van der Waals surface area (Å²) in [4.78, 5) is 11.0. The highest BCUT2D eigenvalue weighted by molar-refractivity contribution is 6.42. The topological polar surface area (TPSA) is 68.1 Å². The van der Waals surface area contributed by atoms with E-state index in [0.29, 0.717) is 10.0 Å². The van der Waals surface area contributed by atoms with Crippen LogP contribution >= 0.6 is 23.2 Å². The van der Waals surface area contributed by atoms with E-state index >= 15 is 0 Å². The number of aryl methyl sites for hydroxylation is 1. The molecule has 0 aliphatic carbocycles. The molecule has 1 aliphatic heterocycles. The third-order valence-electron chi connectivity index (χ3n) is 4.98. The summed E-state index contributed by atoms with van der Waals surface area (Å²) in [5.74, 6) is 1.61. The monoisotopic (exact) mass is 420 g/mol. The summed E-state index contributed by atoms with van der Waals surface area (Å²) in [7, 11) is 1.88. The lowest BCUT2D eigenvalue weighted by Crippen LogP contribution is -2.40. The average molecular weight is 421 g/mol. The molecule has 1 aromatic carbocycles. The second-order valence-corrected chi connectivity index (χ2v) is 7.70. The third-order valence-corrected chi connectivity index (χ3v) is 5.72. The molecule has 1 aliphatic rings. The predicted molar refractivity (Wildman–Crippen MR) is 111 cm³/mol. The van der Waals surface area contributed by atoms with Crippen molar-refractivity contribution in [3.05, 3.63) is 40.8 Å². The van der Waals surface area contributed by atoms with Gasteiger partial charge in [0.15, 0.2) is 5.65 Å². The Bertz CT molecular complexity index is 955. The van der Waals surface area contributed by atoms with Crippen LogP contribution in [-0.4, -0.2) is 56.9 Å². The van der Waals surface area contributed by atoms with Crippen LogP contribution in [0, 0.1) is 0 Å². The van der Waals surface area contributed by atoms with Gasteiger partial charge in [0.2, 0.25) is 0 Å². The summed E-state index contributed by atoms with van der Waals surface area (Å²) >= 11 is 12.0. The Morgan fingerprint density at radius 2 is 2.00 bits per heavy atom. The molecule has 28 heavy (non-hydrogen) atoms. The molecule has 4 rings (SSSR count). The van der Waals surface area contributed by atoms with Crippen LogP contribution in [0.5, 0.6) is 5.75 Å². The maximum absolute atomic E-state index is 6.06. The second-order valence-electron chi connectivity index (χ2n) is 6.89. The number of hydrogen-bond donors (Lipinski definition) is 1. The normalized spacial score (nSPS) is 15.8. The molecule has 3 heterocycles. The van der Waals surface area contributed by atoms with Crippen LogP contribution in [0.3, 0.4) is 0 Å². The van der Waals surface area contributed by atoms with Crippen molar-refractivity contribution in [1.29, 1.82) is 0 Å². The molecule has 9 heteroatoms. The molecular weight excluding hydrogens is 399 g/mol. The molecule has 148 valence electrons. The fourth-order valence-corrected chi connectivity index (χ4v) is 3.72. The van der Waals surface area contributed by atoms with Gasteiger partial charge in [-0.1, -0.05) is 23.2 Å². The first kappa shape index (κ1) is 19.2. The zero-order valence-electron chi connectivity index (χ0n) is 15.6. The minimum atomic E-state index is 0.207. The van der Waals surface area contributed by atoms with Crippen molar-refractivity contribution in [1.82, 2.24) is 24.6 Å². The van der Waals surface area contributed by atoms with E-state index in [4.69, 9.17) is 27.9 Å². The van der Waals surface area contributed by atoms with Gasteiger partial charge in [-0.15, -0.1) is 0 Å². The van der Waals surface area contributed by atoms with Crippen molar-refractivity contribution >= 4 is 40.1 Å². The maximum Gasteiger partial charge on any atom is 0.163 e. The molecule has 2 aromatic heterocycles. The Morgan fingerprint density at radius 3 is 2.79 bits per heavy atom. The molecule has 3 aromatic rings. The highest BCUT2D eigenvalue weighted by Crippen LogP contribution is 2.28. The molecule has 1 saturated heterocycles. The smallest absolute Gasteiger partial charge is 0.163 e. The number of fused-ring (bicyclic) bond motifs is 1. The van der Waals surface area contributed by atoms with Crippen molar-refractivity contribution in [2.75, 3.05) is 31.5 Å². The summed E-state index contributed by atoms with van der Waals surface area (Å²) < 4.78 is 7.80. The lowest BCUT2D eigenvalue weighted by atomic mass is 10.1. The van der Waals surface area contributed by atoms with E-state index < -0.39 is 0 Å². The molecule has 0 saturated carbocycles. The highest BCUT2D eigenvalue weighted by atomic mass is 35.5. The minimum absolute atomic E-state index is 0.207. The number of nitrogens with zero attached hydrogens (tertiary/aromatic N) is 5. The molecule has 0 spiro atoms. The number of rotatable bonds is 6. The molecule has 0 amide bonds. The largest absolute Gasteiger partial charge is 0.490 e. The van der Waals surface area contributed by atoms with Gasteiger partial charge < -0.3 is 15.0 Å². The van der Waals surface area contributed by atoms with Crippen LogP contribution in [-0.2, 0) is 7.05 Å². The first-order valence-electron chi connectivity index (χ1n) is 9.31. The standard InChI is InChI=1S/C19H22Cl2N6O/c1-26-19-15(11-25-26)18(23-12-24-19)22-6-9-27-7-4-13(5-8-27)28-14-2-3-16(20)17(21)10-14/h2-3,10-13H,4-9H2,1H3,(H,22,23,24). The van der Waals surface area contributed by atoms with Crippen LogP contribution in [0.1, 0.15) is 12.8 Å². The zero-order chi connectivity index (χ0) is 19.5. The lowest BCUT2D eigenvalue weighted by Gasteiger charge is -2.32. The summed E-state index contributed by atoms with van der Waals surface area (Å²) in [5.41, 5.74) is 0.831. The van der Waals surface area contributed by atoms with Crippen LogP contribution in [0.2, 0.25) is 10.0 Å². The van der Waals surface area contributed by atoms with Crippen molar-refractivity contribution in [2.45, 2.75) is 18.9 Å². The van der Waals surface area contributed by atoms with Gasteiger partial charge in [-0.3, -0.25) is 4.68 Å². The van der Waals surface area contributed by atoms with Gasteiger partial charge in [0, 0.05) is 39.3 Å². The second kappa shape index (κ2) is 8.51. The number of likely N-dealkylation sites (tertiary alicyclic amines) is 1. The average Bonchev–Trinajstić information content (AvgIpc) is 3.08. The quantitative estimate of drug-likeness (QED) is 0.656. The predicted octanol–water partition coefficient (Wildman–Crippen LogP) is 3.63.